The van der Waals surface area contributed by atoms with Gasteiger partial charge in [0.1, 0.15) is 21.2 Å². The van der Waals surface area contributed by atoms with Crippen LogP contribution in [0, 0.1) is 0 Å². The number of hydroxylamine groups is 2. The molecule has 2 fully saturated rings. The summed E-state index contributed by atoms with van der Waals surface area (Å²) in [5, 5.41) is 16.6. The molecule has 0 radical (unpaired) electrons. The first-order valence-corrected chi connectivity index (χ1v) is 14.2. The van der Waals surface area contributed by atoms with Crippen LogP contribution >= 0.6 is 11.3 Å². The number of aromatic nitrogens is 2. The minimum atomic E-state index is -0.755. The largest absolute Gasteiger partial charge is 0.444 e. The number of aliphatic imine (C=N–C) groups is 1. The van der Waals surface area contributed by atoms with Gasteiger partial charge in [0.15, 0.2) is 0 Å². The number of guanidine groups is 1. The fourth-order valence-electron chi connectivity index (χ4n) is 4.04. The summed E-state index contributed by atoms with van der Waals surface area (Å²) in [5.41, 5.74) is -1.45. The smallest absolute Gasteiger partial charge is 0.414 e. The third-order valence-corrected chi connectivity index (χ3v) is 6.74. The van der Waals surface area contributed by atoms with Crippen molar-refractivity contribution >= 4 is 35.5 Å². The second-order valence-corrected chi connectivity index (χ2v) is 12.6. The average molecular weight is 568 g/mol. The molecule has 2 N–H and O–H groups in total. The molecule has 4 amide bonds. The van der Waals surface area contributed by atoms with E-state index >= 15 is 0 Å². The van der Waals surface area contributed by atoms with E-state index in [0.717, 1.165) is 35.7 Å². The number of urea groups is 1. The predicted octanol–water partition coefficient (Wildman–Crippen LogP) is 4.16. The van der Waals surface area contributed by atoms with E-state index in [4.69, 9.17) is 14.3 Å². The topological polar surface area (TPSA) is 148 Å². The first kappa shape index (κ1) is 30.5. The molecule has 2 saturated heterocycles. The minimum Gasteiger partial charge on any atom is -0.444 e. The van der Waals surface area contributed by atoms with Crippen molar-refractivity contribution in [3.05, 3.63) is 10.0 Å². The zero-order valence-corrected chi connectivity index (χ0v) is 24.7. The third kappa shape index (κ3) is 9.31. The van der Waals surface area contributed by atoms with Crippen molar-refractivity contribution < 1.29 is 28.7 Å². The van der Waals surface area contributed by atoms with E-state index in [0.29, 0.717) is 19.6 Å². The number of carbonyl (C=O) groups excluding carboxylic acids is 3. The number of alkyl carbamates (subject to hydrolysis) is 2. The van der Waals surface area contributed by atoms with Crippen LogP contribution in [-0.4, -0.2) is 81.3 Å². The number of amides is 4. The summed E-state index contributed by atoms with van der Waals surface area (Å²) in [6.45, 7) is 13.8. The highest BCUT2D eigenvalue weighted by atomic mass is 32.1. The van der Waals surface area contributed by atoms with Crippen LogP contribution in [0.3, 0.4) is 0 Å². The lowest BCUT2D eigenvalue weighted by Gasteiger charge is -2.28. The maximum atomic E-state index is 12.9. The zero-order chi connectivity index (χ0) is 28.8. The first-order chi connectivity index (χ1) is 18.3. The van der Waals surface area contributed by atoms with Crippen molar-refractivity contribution in [2.75, 3.05) is 19.7 Å². The van der Waals surface area contributed by atoms with Gasteiger partial charge in [0.2, 0.25) is 5.96 Å². The summed E-state index contributed by atoms with van der Waals surface area (Å²) in [5.74, 6) is -0.0904. The number of piperidine rings is 1. The Hall–Kier alpha value is -3.00. The minimum absolute atomic E-state index is 0.0701. The number of nitrogens with zero attached hydrogens (tertiary/aromatic N) is 5. The molecule has 218 valence electrons. The fourth-order valence-corrected chi connectivity index (χ4v) is 5.02. The number of ether oxygens (including phenoxy) is 2. The average Bonchev–Trinajstić information content (AvgIpc) is 3.35. The molecule has 14 heteroatoms. The zero-order valence-electron chi connectivity index (χ0n) is 23.9. The summed E-state index contributed by atoms with van der Waals surface area (Å²) in [4.78, 5) is 49.4. The van der Waals surface area contributed by atoms with E-state index in [1.54, 1.807) is 41.5 Å². The van der Waals surface area contributed by atoms with E-state index in [1.807, 2.05) is 4.90 Å². The number of hydrogen-bond donors (Lipinski definition) is 2. The van der Waals surface area contributed by atoms with Gasteiger partial charge in [-0.05, 0) is 60.8 Å². The fraction of sp³-hybridized carbons (Fsp3) is 0.760. The Labute approximate surface area is 233 Å². The number of hydrogen-bond acceptors (Lipinski definition) is 10. The lowest BCUT2D eigenvalue weighted by Crippen LogP contribution is -2.47. The van der Waals surface area contributed by atoms with Crippen LogP contribution in [-0.2, 0) is 20.7 Å². The van der Waals surface area contributed by atoms with Gasteiger partial charge in [0.25, 0.3) is 0 Å². The van der Waals surface area contributed by atoms with E-state index in [2.05, 4.69) is 32.7 Å². The van der Waals surface area contributed by atoms with Crippen molar-refractivity contribution in [1.82, 2.24) is 30.8 Å². The molecule has 0 unspecified atom stereocenters. The van der Waals surface area contributed by atoms with E-state index in [9.17, 15) is 14.4 Å². The van der Waals surface area contributed by atoms with Crippen LogP contribution in [0.2, 0.25) is 0 Å². The van der Waals surface area contributed by atoms with Crippen LogP contribution in [0.25, 0.3) is 0 Å². The Kier molecular flexibility index (Phi) is 10.1. The molecular formula is C25H41N7O6S. The SMILES string of the molecule is CCCCON1C(=O)N2C[C@@H]1CC[C@H]2c1nnc(CCN=C(NC(=O)OC(C)(C)C)NC(=O)OC(C)(C)C)s1. The van der Waals surface area contributed by atoms with Gasteiger partial charge < -0.3 is 14.4 Å². The van der Waals surface area contributed by atoms with Crippen LogP contribution in [0.15, 0.2) is 4.99 Å². The van der Waals surface area contributed by atoms with Gasteiger partial charge in [0, 0.05) is 19.5 Å². The highest BCUT2D eigenvalue weighted by Crippen LogP contribution is 2.39. The third-order valence-electron chi connectivity index (χ3n) is 5.65. The second-order valence-electron chi connectivity index (χ2n) is 11.5. The monoisotopic (exact) mass is 567 g/mol. The summed E-state index contributed by atoms with van der Waals surface area (Å²) >= 11 is 1.43. The van der Waals surface area contributed by atoms with Crippen LogP contribution in [0.1, 0.15) is 90.2 Å². The van der Waals surface area contributed by atoms with Crippen LogP contribution in [0.5, 0.6) is 0 Å². The molecule has 39 heavy (non-hydrogen) atoms. The lowest BCUT2D eigenvalue weighted by molar-refractivity contribution is -0.130. The van der Waals surface area contributed by atoms with Crippen molar-refractivity contribution in [2.45, 2.75) is 104 Å². The molecule has 3 heterocycles. The van der Waals surface area contributed by atoms with Gasteiger partial charge in [-0.15, -0.1) is 10.2 Å². The van der Waals surface area contributed by atoms with E-state index < -0.39 is 23.4 Å². The molecule has 1 aromatic heterocycles. The molecular weight excluding hydrogens is 526 g/mol. The van der Waals surface area contributed by atoms with E-state index in [-0.39, 0.29) is 30.6 Å². The molecule has 1 aromatic rings. The number of unbranched alkanes of at least 4 members (excludes halogenated alkanes) is 1. The quantitative estimate of drug-likeness (QED) is 0.270. The molecule has 0 aromatic carbocycles. The molecule has 2 atom stereocenters. The Morgan fingerprint density at radius 1 is 1.05 bits per heavy atom. The van der Waals surface area contributed by atoms with Gasteiger partial charge >= 0.3 is 18.2 Å². The van der Waals surface area contributed by atoms with E-state index in [1.165, 1.54) is 16.4 Å². The molecule has 2 aliphatic rings. The van der Waals surface area contributed by atoms with Crippen molar-refractivity contribution in [2.24, 2.45) is 4.99 Å². The van der Waals surface area contributed by atoms with Crippen molar-refractivity contribution in [1.29, 1.82) is 0 Å². The Morgan fingerprint density at radius 3 is 2.28 bits per heavy atom. The highest BCUT2D eigenvalue weighted by Gasteiger charge is 2.47. The van der Waals surface area contributed by atoms with Crippen molar-refractivity contribution in [3.8, 4) is 0 Å². The van der Waals surface area contributed by atoms with Gasteiger partial charge in [-0.3, -0.25) is 20.5 Å². The summed E-state index contributed by atoms with van der Waals surface area (Å²) in [6, 6.07) is -0.187. The Morgan fingerprint density at radius 2 is 1.69 bits per heavy atom. The number of nitrogens with one attached hydrogen (secondary N) is 2. The summed E-state index contributed by atoms with van der Waals surface area (Å²) < 4.78 is 10.5. The molecule has 2 aliphatic heterocycles. The molecule has 0 spiro atoms. The summed E-state index contributed by atoms with van der Waals surface area (Å²) in [7, 11) is 0. The second kappa shape index (κ2) is 12.9. The van der Waals surface area contributed by atoms with Crippen molar-refractivity contribution in [3.63, 3.8) is 0 Å². The van der Waals surface area contributed by atoms with Crippen LogP contribution in [0.4, 0.5) is 14.4 Å². The number of carbonyl (C=O) groups is 3. The van der Waals surface area contributed by atoms with Gasteiger partial charge in [-0.25, -0.2) is 14.4 Å². The number of fused-ring (bicyclic) bond motifs is 2. The van der Waals surface area contributed by atoms with Gasteiger partial charge in [-0.1, -0.05) is 24.7 Å². The maximum absolute atomic E-state index is 12.9. The highest BCUT2D eigenvalue weighted by molar-refractivity contribution is 7.11. The normalized spacial score (nSPS) is 19.1. The molecule has 2 bridgehead atoms. The first-order valence-electron chi connectivity index (χ1n) is 13.3. The Balaban J connectivity index is 1.61. The standard InChI is InChI=1S/C25H41N7O6S/c1-8-9-14-36-32-16-10-11-17(31(15-16)23(32)35)19-30-29-18(39-19)12-13-26-20(27-21(33)37-24(2,3)4)28-22(34)38-25(5,6)7/h16-17H,8-15H2,1-7H3,(H2,26,27,28,33,34)/t16-,17-/m0/s1. The van der Waals surface area contributed by atoms with Gasteiger partial charge in [-0.2, -0.15) is 5.06 Å². The predicted molar refractivity (Wildman–Crippen MR) is 145 cm³/mol. The molecule has 0 saturated carbocycles. The molecule has 13 nitrogen and oxygen atoms in total. The maximum Gasteiger partial charge on any atom is 0.414 e. The van der Waals surface area contributed by atoms with Gasteiger partial charge in [0.05, 0.1) is 18.7 Å². The van der Waals surface area contributed by atoms with Crippen LogP contribution < -0.4 is 10.6 Å². The molecule has 0 aliphatic carbocycles. The summed E-state index contributed by atoms with van der Waals surface area (Å²) in [6.07, 6.45) is 2.46. The molecule has 3 rings (SSSR count). The Bertz CT molecular complexity index is 1020. The number of rotatable bonds is 8. The lowest BCUT2D eigenvalue weighted by atomic mass is 10.0.